The predicted octanol–water partition coefficient (Wildman–Crippen LogP) is 3.90. The van der Waals surface area contributed by atoms with E-state index in [9.17, 15) is 5.11 Å². The molecule has 1 aliphatic heterocycles. The summed E-state index contributed by atoms with van der Waals surface area (Å²) in [5.41, 5.74) is 2.17. The van der Waals surface area contributed by atoms with Crippen molar-refractivity contribution >= 4 is 0 Å². The molecule has 0 aromatic heterocycles. The maximum absolute atomic E-state index is 10.5. The van der Waals surface area contributed by atoms with E-state index in [-0.39, 0.29) is 5.41 Å². The third kappa shape index (κ3) is 4.47. The Balaban J connectivity index is 2.04. The fourth-order valence-corrected chi connectivity index (χ4v) is 3.17. The highest BCUT2D eigenvalue weighted by atomic mass is 16.5. The molecule has 1 aliphatic rings. The van der Waals surface area contributed by atoms with Crippen molar-refractivity contribution in [1.29, 1.82) is 0 Å². The van der Waals surface area contributed by atoms with E-state index in [1.165, 1.54) is 32.4 Å². The van der Waals surface area contributed by atoms with E-state index in [2.05, 4.69) is 31.7 Å². The Bertz CT molecular complexity index is 473. The van der Waals surface area contributed by atoms with Crippen molar-refractivity contribution in [2.75, 3.05) is 26.7 Å². The highest BCUT2D eigenvalue weighted by molar-refractivity contribution is 5.42. The molecule has 1 unspecified atom stereocenters. The number of hydrogen-bond donors (Lipinski definition) is 1. The van der Waals surface area contributed by atoms with Crippen LogP contribution in [0.4, 0.5) is 0 Å². The zero-order valence-electron chi connectivity index (χ0n) is 14.6. The zero-order chi connectivity index (χ0) is 16.2. The number of hydrogen-bond acceptors (Lipinski definition) is 3. The van der Waals surface area contributed by atoms with E-state index in [4.69, 9.17) is 4.74 Å². The Morgan fingerprint density at radius 1 is 1.18 bits per heavy atom. The van der Waals surface area contributed by atoms with Crippen molar-refractivity contribution in [3.05, 3.63) is 29.3 Å². The second-order valence-electron chi connectivity index (χ2n) is 7.42. The summed E-state index contributed by atoms with van der Waals surface area (Å²) < 4.78 is 5.47. The molecule has 0 amide bonds. The minimum atomic E-state index is -0.395. The lowest BCUT2D eigenvalue weighted by Gasteiger charge is -2.28. The monoisotopic (exact) mass is 305 g/mol. The summed E-state index contributed by atoms with van der Waals surface area (Å²) in [6.45, 7) is 9.88. The molecule has 0 saturated carbocycles. The number of methoxy groups -OCH3 is 1. The van der Waals surface area contributed by atoms with Gasteiger partial charge in [-0.05, 0) is 61.0 Å². The van der Waals surface area contributed by atoms with Crippen molar-refractivity contribution in [2.24, 2.45) is 0 Å². The van der Waals surface area contributed by atoms with Crippen molar-refractivity contribution in [2.45, 2.75) is 58.0 Å². The SMILES string of the molecule is COc1ccc(C(O)CCN2CCCCC2)cc1C(C)(C)C. The second kappa shape index (κ2) is 7.47. The third-order valence-electron chi connectivity index (χ3n) is 4.58. The quantitative estimate of drug-likeness (QED) is 0.895. The largest absolute Gasteiger partial charge is 0.496 e. The van der Waals surface area contributed by atoms with Gasteiger partial charge in [0.2, 0.25) is 0 Å². The topological polar surface area (TPSA) is 32.7 Å². The Morgan fingerprint density at radius 3 is 2.45 bits per heavy atom. The first-order valence-electron chi connectivity index (χ1n) is 8.50. The molecule has 1 aromatic carbocycles. The van der Waals surface area contributed by atoms with Crippen LogP contribution in [0.5, 0.6) is 5.75 Å². The Kier molecular flexibility index (Phi) is 5.87. The lowest BCUT2D eigenvalue weighted by atomic mass is 9.84. The van der Waals surface area contributed by atoms with Gasteiger partial charge in [0.25, 0.3) is 0 Å². The van der Waals surface area contributed by atoms with E-state index in [1.54, 1.807) is 7.11 Å². The van der Waals surface area contributed by atoms with Crippen LogP contribution in [-0.2, 0) is 5.41 Å². The smallest absolute Gasteiger partial charge is 0.122 e. The van der Waals surface area contributed by atoms with Crippen LogP contribution >= 0.6 is 0 Å². The van der Waals surface area contributed by atoms with E-state index < -0.39 is 6.10 Å². The maximum Gasteiger partial charge on any atom is 0.122 e. The van der Waals surface area contributed by atoms with Gasteiger partial charge in [0.1, 0.15) is 5.75 Å². The predicted molar refractivity (Wildman–Crippen MR) is 91.6 cm³/mol. The zero-order valence-corrected chi connectivity index (χ0v) is 14.6. The van der Waals surface area contributed by atoms with Gasteiger partial charge in [-0.1, -0.05) is 33.3 Å². The van der Waals surface area contributed by atoms with Gasteiger partial charge in [0.15, 0.2) is 0 Å². The van der Waals surface area contributed by atoms with Gasteiger partial charge < -0.3 is 14.7 Å². The lowest BCUT2D eigenvalue weighted by molar-refractivity contribution is 0.133. The van der Waals surface area contributed by atoms with Crippen LogP contribution in [0.25, 0.3) is 0 Å². The summed E-state index contributed by atoms with van der Waals surface area (Å²) in [5.74, 6) is 0.902. The van der Waals surface area contributed by atoms with Gasteiger partial charge in [-0.3, -0.25) is 0 Å². The van der Waals surface area contributed by atoms with Gasteiger partial charge in [0.05, 0.1) is 13.2 Å². The number of piperidine rings is 1. The molecule has 0 spiro atoms. The molecule has 2 rings (SSSR count). The first-order valence-corrected chi connectivity index (χ1v) is 8.50. The molecule has 1 saturated heterocycles. The van der Waals surface area contributed by atoms with Crippen LogP contribution in [0.15, 0.2) is 18.2 Å². The number of ether oxygens (including phenoxy) is 1. The highest BCUT2D eigenvalue weighted by Gasteiger charge is 2.21. The fourth-order valence-electron chi connectivity index (χ4n) is 3.17. The van der Waals surface area contributed by atoms with Gasteiger partial charge in [-0.2, -0.15) is 0 Å². The molecule has 0 bridgehead atoms. The van der Waals surface area contributed by atoms with Crippen molar-refractivity contribution in [3.8, 4) is 5.75 Å². The van der Waals surface area contributed by atoms with E-state index in [0.717, 1.165) is 29.8 Å². The van der Waals surface area contributed by atoms with Crippen LogP contribution in [0.3, 0.4) is 0 Å². The molecule has 3 nitrogen and oxygen atoms in total. The third-order valence-corrected chi connectivity index (χ3v) is 4.58. The van der Waals surface area contributed by atoms with E-state index >= 15 is 0 Å². The van der Waals surface area contributed by atoms with Crippen molar-refractivity contribution in [1.82, 2.24) is 4.90 Å². The molecule has 0 aliphatic carbocycles. The standard InChI is InChI=1S/C19H31NO2/c1-19(2,3)16-14-15(8-9-18(16)22-4)17(21)10-13-20-11-6-5-7-12-20/h8-9,14,17,21H,5-7,10-13H2,1-4H3. The second-order valence-corrected chi connectivity index (χ2v) is 7.42. The number of likely N-dealkylation sites (tertiary alicyclic amines) is 1. The molecule has 1 aromatic rings. The number of nitrogens with zero attached hydrogens (tertiary/aromatic N) is 1. The summed E-state index contributed by atoms with van der Waals surface area (Å²) in [7, 11) is 1.71. The van der Waals surface area contributed by atoms with Gasteiger partial charge in [-0.15, -0.1) is 0 Å². The van der Waals surface area contributed by atoms with Crippen molar-refractivity contribution < 1.29 is 9.84 Å². The van der Waals surface area contributed by atoms with Crippen LogP contribution in [0.1, 0.15) is 63.7 Å². The summed E-state index contributed by atoms with van der Waals surface area (Å²) in [6.07, 6.45) is 4.36. The number of rotatable bonds is 5. The number of benzene rings is 1. The first kappa shape index (κ1) is 17.3. The summed E-state index contributed by atoms with van der Waals surface area (Å²) >= 11 is 0. The molecule has 1 N–H and O–H groups in total. The van der Waals surface area contributed by atoms with Gasteiger partial charge in [-0.25, -0.2) is 0 Å². The molecule has 22 heavy (non-hydrogen) atoms. The Morgan fingerprint density at radius 2 is 1.86 bits per heavy atom. The van der Waals surface area contributed by atoms with E-state index in [1.807, 2.05) is 12.1 Å². The Hall–Kier alpha value is -1.06. The van der Waals surface area contributed by atoms with Crippen LogP contribution in [0, 0.1) is 0 Å². The highest BCUT2D eigenvalue weighted by Crippen LogP contribution is 2.34. The van der Waals surface area contributed by atoms with Gasteiger partial charge in [0, 0.05) is 6.54 Å². The normalized spacial score (nSPS) is 18.2. The molecule has 124 valence electrons. The minimum Gasteiger partial charge on any atom is -0.496 e. The fraction of sp³-hybridized carbons (Fsp3) is 0.684. The van der Waals surface area contributed by atoms with Crippen LogP contribution in [0.2, 0.25) is 0 Å². The molecular formula is C19H31NO2. The molecule has 1 heterocycles. The summed E-state index contributed by atoms with van der Waals surface area (Å²) in [5, 5.41) is 10.5. The summed E-state index contributed by atoms with van der Waals surface area (Å²) in [6, 6.07) is 6.09. The first-order chi connectivity index (χ1) is 10.4. The average Bonchev–Trinajstić information content (AvgIpc) is 2.52. The lowest BCUT2D eigenvalue weighted by Crippen LogP contribution is -2.31. The molecular weight excluding hydrogens is 274 g/mol. The average molecular weight is 305 g/mol. The Labute approximate surface area is 135 Å². The molecule has 0 radical (unpaired) electrons. The number of aliphatic hydroxyl groups is 1. The van der Waals surface area contributed by atoms with Crippen LogP contribution < -0.4 is 4.74 Å². The molecule has 3 heteroatoms. The summed E-state index contributed by atoms with van der Waals surface area (Å²) in [4.78, 5) is 2.47. The van der Waals surface area contributed by atoms with Crippen LogP contribution in [-0.4, -0.2) is 36.8 Å². The van der Waals surface area contributed by atoms with E-state index in [0.29, 0.717) is 0 Å². The molecule has 1 atom stereocenters. The maximum atomic E-state index is 10.5. The molecule has 1 fully saturated rings. The number of aliphatic hydroxyl groups excluding tert-OH is 1. The van der Waals surface area contributed by atoms with Crippen molar-refractivity contribution in [3.63, 3.8) is 0 Å². The van der Waals surface area contributed by atoms with Gasteiger partial charge >= 0.3 is 0 Å². The minimum absolute atomic E-state index is 0.00788.